The fourth-order valence-electron chi connectivity index (χ4n) is 1.60. The van der Waals surface area contributed by atoms with Gasteiger partial charge in [0.1, 0.15) is 0 Å². The number of hydrogen-bond donors (Lipinski definition) is 1. The van der Waals surface area contributed by atoms with Gasteiger partial charge in [0.25, 0.3) is 0 Å². The molecule has 2 aromatic rings. The fourth-order valence-corrected chi connectivity index (χ4v) is 3.18. The maximum absolute atomic E-state index is 6.20. The molecule has 2 heterocycles. The molecule has 5 heteroatoms. The smallest absolute Gasteiger partial charge is 0.0644 e. The highest BCUT2D eigenvalue weighted by Crippen LogP contribution is 2.30. The van der Waals surface area contributed by atoms with E-state index in [1.807, 2.05) is 25.5 Å². The molecule has 2 N–H and O–H groups in total. The van der Waals surface area contributed by atoms with Gasteiger partial charge in [-0.15, -0.1) is 0 Å². The molecular weight excluding hydrogens is 274 g/mol. The van der Waals surface area contributed by atoms with Crippen LogP contribution < -0.4 is 5.73 Å². The highest BCUT2D eigenvalue weighted by molar-refractivity contribution is 9.10. The molecule has 0 aromatic carbocycles. The summed E-state index contributed by atoms with van der Waals surface area (Å²) in [6.45, 7) is 1.98. The summed E-state index contributed by atoms with van der Waals surface area (Å²) in [5.74, 6) is 0. The van der Waals surface area contributed by atoms with Crippen molar-refractivity contribution in [3.8, 4) is 0 Å². The molecule has 2 rings (SSSR count). The van der Waals surface area contributed by atoms with Crippen LogP contribution in [-0.2, 0) is 7.05 Å². The van der Waals surface area contributed by atoms with Crippen molar-refractivity contribution in [2.75, 3.05) is 0 Å². The predicted octanol–water partition coefficient (Wildman–Crippen LogP) is 2.60. The second-order valence-corrected chi connectivity index (χ2v) is 5.09. The Hall–Kier alpha value is -0.650. The van der Waals surface area contributed by atoms with E-state index in [0.717, 1.165) is 21.3 Å². The molecule has 0 fully saturated rings. The molecule has 0 amide bonds. The van der Waals surface area contributed by atoms with Gasteiger partial charge < -0.3 is 5.73 Å². The van der Waals surface area contributed by atoms with Gasteiger partial charge in [0.2, 0.25) is 0 Å². The average Bonchev–Trinajstić information content (AvgIpc) is 2.71. The number of nitrogens with zero attached hydrogens (tertiary/aromatic N) is 2. The Balaban J connectivity index is 2.40. The number of halogens is 1. The van der Waals surface area contributed by atoms with Crippen molar-refractivity contribution in [3.63, 3.8) is 0 Å². The highest BCUT2D eigenvalue weighted by Gasteiger charge is 2.17. The van der Waals surface area contributed by atoms with Gasteiger partial charge in [-0.2, -0.15) is 16.4 Å². The van der Waals surface area contributed by atoms with Crippen LogP contribution in [0.25, 0.3) is 0 Å². The zero-order chi connectivity index (χ0) is 11.0. The molecule has 1 atom stereocenters. The maximum atomic E-state index is 6.20. The zero-order valence-corrected chi connectivity index (χ0v) is 11.0. The summed E-state index contributed by atoms with van der Waals surface area (Å²) in [6, 6.07) is -0.0978. The van der Waals surface area contributed by atoms with E-state index < -0.39 is 0 Å². The van der Waals surface area contributed by atoms with Crippen molar-refractivity contribution >= 4 is 27.3 Å². The Morgan fingerprint density at radius 2 is 2.20 bits per heavy atom. The molecular formula is C10H12BrN3S. The predicted molar refractivity (Wildman–Crippen MR) is 66.0 cm³/mol. The highest BCUT2D eigenvalue weighted by atomic mass is 79.9. The molecule has 15 heavy (non-hydrogen) atoms. The number of nitrogens with two attached hydrogens (primary N) is 1. The summed E-state index contributed by atoms with van der Waals surface area (Å²) in [4.78, 5) is 0. The topological polar surface area (TPSA) is 43.8 Å². The van der Waals surface area contributed by atoms with Crippen molar-refractivity contribution in [1.29, 1.82) is 0 Å². The van der Waals surface area contributed by atoms with E-state index in [-0.39, 0.29) is 6.04 Å². The fraction of sp³-hybridized carbons (Fsp3) is 0.300. The van der Waals surface area contributed by atoms with Gasteiger partial charge in [0.15, 0.2) is 0 Å². The van der Waals surface area contributed by atoms with Crippen molar-refractivity contribution in [2.24, 2.45) is 12.8 Å². The molecule has 0 saturated heterocycles. The molecule has 3 nitrogen and oxygen atoms in total. The van der Waals surface area contributed by atoms with Crippen molar-refractivity contribution in [1.82, 2.24) is 9.78 Å². The summed E-state index contributed by atoms with van der Waals surface area (Å²) in [5, 5.41) is 8.41. The first-order chi connectivity index (χ1) is 7.09. The van der Waals surface area contributed by atoms with Crippen LogP contribution in [-0.4, -0.2) is 9.78 Å². The second-order valence-electron chi connectivity index (χ2n) is 3.50. The minimum Gasteiger partial charge on any atom is -0.320 e. The minimum atomic E-state index is -0.0978. The minimum absolute atomic E-state index is 0.0978. The Morgan fingerprint density at radius 1 is 1.47 bits per heavy atom. The molecule has 2 aromatic heterocycles. The van der Waals surface area contributed by atoms with Crippen LogP contribution in [0.4, 0.5) is 0 Å². The molecule has 80 valence electrons. The van der Waals surface area contributed by atoms with Gasteiger partial charge in [-0.05, 0) is 33.8 Å². The third-order valence-electron chi connectivity index (χ3n) is 2.36. The lowest BCUT2D eigenvalue weighted by atomic mass is 10.0. The second kappa shape index (κ2) is 4.08. The van der Waals surface area contributed by atoms with E-state index in [2.05, 4.69) is 26.4 Å². The lowest BCUT2D eigenvalue weighted by Crippen LogP contribution is -2.11. The number of hydrogen-bond acceptors (Lipinski definition) is 3. The number of rotatable bonds is 2. The Bertz CT molecular complexity index is 475. The first-order valence-corrected chi connectivity index (χ1v) is 6.30. The molecule has 0 aliphatic rings. The van der Waals surface area contributed by atoms with E-state index in [0.29, 0.717) is 0 Å². The molecule has 1 unspecified atom stereocenters. The van der Waals surface area contributed by atoms with Crippen LogP contribution in [0.2, 0.25) is 0 Å². The van der Waals surface area contributed by atoms with Gasteiger partial charge in [-0.3, -0.25) is 4.68 Å². The number of aryl methyl sites for hydroxylation is 2. The van der Waals surface area contributed by atoms with E-state index in [4.69, 9.17) is 5.73 Å². The van der Waals surface area contributed by atoms with Gasteiger partial charge in [-0.1, -0.05) is 0 Å². The van der Waals surface area contributed by atoms with E-state index in [1.54, 1.807) is 16.0 Å². The summed E-state index contributed by atoms with van der Waals surface area (Å²) >= 11 is 5.15. The van der Waals surface area contributed by atoms with Crippen LogP contribution >= 0.6 is 27.3 Å². The van der Waals surface area contributed by atoms with Gasteiger partial charge in [0.05, 0.1) is 11.7 Å². The van der Waals surface area contributed by atoms with Crippen LogP contribution in [0.5, 0.6) is 0 Å². The van der Waals surface area contributed by atoms with E-state index >= 15 is 0 Å². The summed E-state index contributed by atoms with van der Waals surface area (Å²) in [6.07, 6.45) is 1.98. The standard InChI is InChI=1S/C10H12BrN3S/c1-6-7(3-14(2)13-6)10(12)8-4-15-5-9(8)11/h3-5,10H,12H2,1-2H3. The number of thiophene rings is 1. The third kappa shape index (κ3) is 2.00. The number of aromatic nitrogens is 2. The Kier molecular flexibility index (Phi) is 2.95. The third-order valence-corrected chi connectivity index (χ3v) is 4.12. The normalized spacial score (nSPS) is 13.1. The van der Waals surface area contributed by atoms with Crippen molar-refractivity contribution in [3.05, 3.63) is 38.3 Å². The molecule has 0 aliphatic heterocycles. The lowest BCUT2D eigenvalue weighted by molar-refractivity contribution is 0.756. The van der Waals surface area contributed by atoms with E-state index in [1.165, 1.54) is 0 Å². The maximum Gasteiger partial charge on any atom is 0.0644 e. The quantitative estimate of drug-likeness (QED) is 0.922. The van der Waals surface area contributed by atoms with Crippen LogP contribution in [0.15, 0.2) is 21.4 Å². The Labute approximate surface area is 101 Å². The first-order valence-electron chi connectivity index (χ1n) is 4.57. The monoisotopic (exact) mass is 285 g/mol. The van der Waals surface area contributed by atoms with Crippen molar-refractivity contribution in [2.45, 2.75) is 13.0 Å². The SMILES string of the molecule is Cc1nn(C)cc1C(N)c1cscc1Br. The molecule has 0 aliphatic carbocycles. The first kappa shape index (κ1) is 10.9. The van der Waals surface area contributed by atoms with Gasteiger partial charge in [-0.25, -0.2) is 0 Å². The Morgan fingerprint density at radius 3 is 2.67 bits per heavy atom. The van der Waals surface area contributed by atoms with Crippen LogP contribution in [0.3, 0.4) is 0 Å². The summed E-state index contributed by atoms with van der Waals surface area (Å²) in [7, 11) is 1.91. The van der Waals surface area contributed by atoms with Crippen LogP contribution in [0, 0.1) is 6.92 Å². The zero-order valence-electron chi connectivity index (χ0n) is 8.57. The molecule has 0 saturated carbocycles. The van der Waals surface area contributed by atoms with Gasteiger partial charge in [0, 0.05) is 28.7 Å². The van der Waals surface area contributed by atoms with Crippen molar-refractivity contribution < 1.29 is 0 Å². The van der Waals surface area contributed by atoms with Gasteiger partial charge >= 0.3 is 0 Å². The molecule has 0 bridgehead atoms. The molecule has 0 spiro atoms. The summed E-state index contributed by atoms with van der Waals surface area (Å²) < 4.78 is 2.87. The van der Waals surface area contributed by atoms with Crippen LogP contribution in [0.1, 0.15) is 22.9 Å². The summed E-state index contributed by atoms with van der Waals surface area (Å²) in [5.41, 5.74) is 9.39. The van der Waals surface area contributed by atoms with E-state index in [9.17, 15) is 0 Å². The lowest BCUT2D eigenvalue weighted by Gasteiger charge is -2.09. The largest absolute Gasteiger partial charge is 0.320 e. The average molecular weight is 286 g/mol. The molecule has 0 radical (unpaired) electrons.